The molecule has 2 atom stereocenters. The molecule has 2 fully saturated rings. The molecule has 0 spiro atoms. The molecule has 0 aromatic heterocycles. The van der Waals surface area contributed by atoms with Gasteiger partial charge in [0, 0.05) is 13.2 Å². The number of nitrogens with zero attached hydrogens (tertiary/aromatic N) is 1. The number of likely N-dealkylation sites (tertiary alicyclic amines) is 1. The Hall–Kier alpha value is -0.610. The summed E-state index contributed by atoms with van der Waals surface area (Å²) in [5, 5.41) is 0. The zero-order valence-corrected chi connectivity index (χ0v) is 10.7. The van der Waals surface area contributed by atoms with Crippen LogP contribution in [0.5, 0.6) is 0 Å². The summed E-state index contributed by atoms with van der Waals surface area (Å²) in [5.74, 6) is -0.0722. The Morgan fingerprint density at radius 3 is 2.94 bits per heavy atom. The molecule has 0 radical (unpaired) electrons. The largest absolute Gasteiger partial charge is 0.468 e. The lowest BCUT2D eigenvalue weighted by atomic mass is 10.0. The first kappa shape index (κ1) is 12.8. The van der Waals surface area contributed by atoms with Crippen LogP contribution in [-0.2, 0) is 14.3 Å². The summed E-state index contributed by atoms with van der Waals surface area (Å²) in [6.45, 7) is 2.89. The number of esters is 1. The van der Waals surface area contributed by atoms with E-state index < -0.39 is 0 Å². The first-order chi connectivity index (χ1) is 8.31. The lowest BCUT2D eigenvalue weighted by molar-refractivity contribution is -0.148. The van der Waals surface area contributed by atoms with Gasteiger partial charge in [-0.15, -0.1) is 0 Å². The molecule has 2 aliphatic rings. The minimum Gasteiger partial charge on any atom is -0.468 e. The Bertz CT molecular complexity index is 251. The minimum absolute atomic E-state index is 0.0184. The highest BCUT2D eigenvalue weighted by Gasteiger charge is 2.29. The van der Waals surface area contributed by atoms with Crippen LogP contribution in [0.25, 0.3) is 0 Å². The van der Waals surface area contributed by atoms with Crippen LogP contribution < -0.4 is 0 Å². The van der Waals surface area contributed by atoms with Crippen LogP contribution in [0.1, 0.15) is 38.5 Å². The predicted molar refractivity (Wildman–Crippen MR) is 64.8 cm³/mol. The standard InChI is InChI=1S/C13H23NO3/c1-16-13(15)12-6-2-3-8-14(12)9-7-11-5-4-10-17-11/h11-12H,2-10H2,1H3/t11?,12-/m1/s1. The monoisotopic (exact) mass is 241 g/mol. The first-order valence-electron chi connectivity index (χ1n) is 6.74. The van der Waals surface area contributed by atoms with Crippen molar-refractivity contribution in [3.63, 3.8) is 0 Å². The fraction of sp³-hybridized carbons (Fsp3) is 0.923. The van der Waals surface area contributed by atoms with E-state index in [9.17, 15) is 4.79 Å². The second-order valence-electron chi connectivity index (χ2n) is 4.99. The molecular formula is C13H23NO3. The Kier molecular flexibility index (Phi) is 4.80. The van der Waals surface area contributed by atoms with E-state index in [-0.39, 0.29) is 12.0 Å². The fourth-order valence-electron chi connectivity index (χ4n) is 2.84. The van der Waals surface area contributed by atoms with E-state index in [2.05, 4.69) is 4.90 Å². The van der Waals surface area contributed by atoms with Crippen LogP contribution >= 0.6 is 0 Å². The molecule has 17 heavy (non-hydrogen) atoms. The van der Waals surface area contributed by atoms with E-state index in [1.165, 1.54) is 26.4 Å². The van der Waals surface area contributed by atoms with Gasteiger partial charge in [-0.25, -0.2) is 0 Å². The average Bonchev–Trinajstić information content (AvgIpc) is 2.89. The number of methoxy groups -OCH3 is 1. The van der Waals surface area contributed by atoms with Gasteiger partial charge in [-0.3, -0.25) is 9.69 Å². The molecule has 4 nitrogen and oxygen atoms in total. The summed E-state index contributed by atoms with van der Waals surface area (Å²) in [4.78, 5) is 14.0. The van der Waals surface area contributed by atoms with Crippen molar-refractivity contribution in [3.8, 4) is 0 Å². The zero-order chi connectivity index (χ0) is 12.1. The number of carbonyl (C=O) groups excluding carboxylic acids is 1. The van der Waals surface area contributed by atoms with Crippen LogP contribution in [0.15, 0.2) is 0 Å². The molecule has 0 saturated carbocycles. The third-order valence-electron chi connectivity index (χ3n) is 3.85. The number of carbonyl (C=O) groups is 1. The van der Waals surface area contributed by atoms with Gasteiger partial charge < -0.3 is 9.47 Å². The second kappa shape index (κ2) is 6.36. The van der Waals surface area contributed by atoms with Gasteiger partial charge in [-0.05, 0) is 38.6 Å². The van der Waals surface area contributed by atoms with Crippen LogP contribution in [0.3, 0.4) is 0 Å². The van der Waals surface area contributed by atoms with Gasteiger partial charge in [-0.2, -0.15) is 0 Å². The van der Waals surface area contributed by atoms with E-state index in [1.807, 2.05) is 0 Å². The van der Waals surface area contributed by atoms with Gasteiger partial charge in [0.05, 0.1) is 13.2 Å². The fourth-order valence-corrected chi connectivity index (χ4v) is 2.84. The van der Waals surface area contributed by atoms with Crippen molar-refractivity contribution >= 4 is 5.97 Å². The number of hydrogen-bond acceptors (Lipinski definition) is 4. The van der Waals surface area contributed by atoms with Crippen LogP contribution in [0.4, 0.5) is 0 Å². The van der Waals surface area contributed by atoms with E-state index >= 15 is 0 Å². The molecule has 1 unspecified atom stereocenters. The van der Waals surface area contributed by atoms with Crippen LogP contribution in [0, 0.1) is 0 Å². The van der Waals surface area contributed by atoms with Crippen LogP contribution in [-0.4, -0.2) is 49.8 Å². The first-order valence-corrected chi connectivity index (χ1v) is 6.74. The molecule has 0 amide bonds. The molecule has 0 N–H and O–H groups in total. The van der Waals surface area contributed by atoms with Crippen molar-refractivity contribution in [2.75, 3.05) is 26.8 Å². The molecule has 0 aliphatic carbocycles. The average molecular weight is 241 g/mol. The molecule has 2 saturated heterocycles. The van der Waals surface area contributed by atoms with E-state index in [1.54, 1.807) is 0 Å². The van der Waals surface area contributed by atoms with Gasteiger partial charge in [0.15, 0.2) is 0 Å². The molecule has 2 heterocycles. The van der Waals surface area contributed by atoms with Crippen molar-refractivity contribution in [2.24, 2.45) is 0 Å². The van der Waals surface area contributed by atoms with E-state index in [4.69, 9.17) is 9.47 Å². The van der Waals surface area contributed by atoms with Crippen molar-refractivity contribution < 1.29 is 14.3 Å². The Morgan fingerprint density at radius 1 is 1.35 bits per heavy atom. The maximum atomic E-state index is 11.7. The Balaban J connectivity index is 1.80. The predicted octanol–water partition coefficient (Wildman–Crippen LogP) is 1.58. The van der Waals surface area contributed by atoms with Gasteiger partial charge in [0.2, 0.25) is 0 Å². The number of piperidine rings is 1. The smallest absolute Gasteiger partial charge is 0.323 e. The third kappa shape index (κ3) is 3.42. The van der Waals surface area contributed by atoms with Crippen molar-refractivity contribution in [1.29, 1.82) is 0 Å². The van der Waals surface area contributed by atoms with Gasteiger partial charge in [0.25, 0.3) is 0 Å². The van der Waals surface area contributed by atoms with Crippen molar-refractivity contribution in [3.05, 3.63) is 0 Å². The van der Waals surface area contributed by atoms with Gasteiger partial charge in [-0.1, -0.05) is 6.42 Å². The SMILES string of the molecule is COC(=O)[C@H]1CCCCN1CCC1CCCO1. The summed E-state index contributed by atoms with van der Waals surface area (Å²) >= 11 is 0. The van der Waals surface area contributed by atoms with Gasteiger partial charge >= 0.3 is 5.97 Å². The van der Waals surface area contributed by atoms with Gasteiger partial charge in [0.1, 0.15) is 6.04 Å². The molecule has 0 bridgehead atoms. The Labute approximate surface area is 103 Å². The quantitative estimate of drug-likeness (QED) is 0.701. The Morgan fingerprint density at radius 2 is 2.24 bits per heavy atom. The number of rotatable bonds is 4. The lowest BCUT2D eigenvalue weighted by Gasteiger charge is -2.34. The summed E-state index contributed by atoms with van der Waals surface area (Å²) in [6.07, 6.45) is 7.10. The number of hydrogen-bond donors (Lipinski definition) is 0. The molecule has 0 aromatic carbocycles. The molecule has 4 heteroatoms. The molecule has 0 aromatic rings. The normalized spacial score (nSPS) is 30.4. The summed E-state index contributed by atoms with van der Waals surface area (Å²) < 4.78 is 10.5. The molecule has 2 aliphatic heterocycles. The zero-order valence-electron chi connectivity index (χ0n) is 10.7. The summed E-state index contributed by atoms with van der Waals surface area (Å²) in [6, 6.07) is -0.0184. The van der Waals surface area contributed by atoms with Crippen molar-refractivity contribution in [1.82, 2.24) is 4.90 Å². The topological polar surface area (TPSA) is 38.8 Å². The molecule has 2 rings (SSSR count). The highest BCUT2D eigenvalue weighted by Crippen LogP contribution is 2.21. The lowest BCUT2D eigenvalue weighted by Crippen LogP contribution is -2.46. The van der Waals surface area contributed by atoms with Crippen LogP contribution in [0.2, 0.25) is 0 Å². The molecular weight excluding hydrogens is 218 g/mol. The van der Waals surface area contributed by atoms with E-state index in [0.717, 1.165) is 39.0 Å². The highest BCUT2D eigenvalue weighted by atomic mass is 16.5. The third-order valence-corrected chi connectivity index (χ3v) is 3.85. The highest BCUT2D eigenvalue weighted by molar-refractivity contribution is 5.75. The second-order valence-corrected chi connectivity index (χ2v) is 4.99. The minimum atomic E-state index is -0.0722. The molecule has 98 valence electrons. The number of ether oxygens (including phenoxy) is 2. The summed E-state index contributed by atoms with van der Waals surface area (Å²) in [5.41, 5.74) is 0. The maximum absolute atomic E-state index is 11.7. The maximum Gasteiger partial charge on any atom is 0.323 e. The van der Waals surface area contributed by atoms with Crippen molar-refractivity contribution in [2.45, 2.75) is 50.7 Å². The van der Waals surface area contributed by atoms with E-state index in [0.29, 0.717) is 6.10 Å². The summed E-state index contributed by atoms with van der Waals surface area (Å²) in [7, 11) is 1.48.